The highest BCUT2D eigenvalue weighted by Crippen LogP contribution is 2.33. The van der Waals surface area contributed by atoms with Gasteiger partial charge in [0.25, 0.3) is 0 Å². The summed E-state index contributed by atoms with van der Waals surface area (Å²) >= 11 is 0. The second-order valence-electron chi connectivity index (χ2n) is 6.12. The summed E-state index contributed by atoms with van der Waals surface area (Å²) in [5.41, 5.74) is 3.95. The van der Waals surface area contributed by atoms with Crippen molar-refractivity contribution in [3.05, 3.63) is 23.0 Å². The summed E-state index contributed by atoms with van der Waals surface area (Å²) in [7, 11) is 0. The minimum atomic E-state index is -0.223. The number of hydrogen-bond acceptors (Lipinski definition) is 1. The van der Waals surface area contributed by atoms with Gasteiger partial charge in [0.1, 0.15) is 0 Å². The van der Waals surface area contributed by atoms with Gasteiger partial charge >= 0.3 is 0 Å². The van der Waals surface area contributed by atoms with E-state index in [1.54, 1.807) is 0 Å². The Morgan fingerprint density at radius 3 is 2.89 bits per heavy atom. The first-order valence-corrected chi connectivity index (χ1v) is 8.04. The molecule has 0 bridgehead atoms. The van der Waals surface area contributed by atoms with Crippen LogP contribution in [0.5, 0.6) is 0 Å². The molecule has 0 saturated heterocycles. The van der Waals surface area contributed by atoms with E-state index in [1.165, 1.54) is 42.6 Å². The molecule has 19 heavy (non-hydrogen) atoms. The Balaban J connectivity index is 2.15. The van der Waals surface area contributed by atoms with Gasteiger partial charge in [0, 0.05) is 23.5 Å². The second kappa shape index (κ2) is 6.60. The number of aryl methyl sites for hydroxylation is 1. The highest BCUT2D eigenvalue weighted by atomic mass is 16.3. The normalized spacial score (nSPS) is 20.3. The number of fused-ring (bicyclic) bond motifs is 1. The lowest BCUT2D eigenvalue weighted by Gasteiger charge is -2.23. The van der Waals surface area contributed by atoms with Gasteiger partial charge in [-0.05, 0) is 44.6 Å². The molecule has 1 heterocycles. The summed E-state index contributed by atoms with van der Waals surface area (Å²) in [6, 6.07) is 2.21. The molecule has 2 heteroatoms. The van der Waals surface area contributed by atoms with E-state index in [0.717, 1.165) is 31.7 Å². The lowest BCUT2D eigenvalue weighted by Crippen LogP contribution is -2.17. The number of hydrogen-bond donors (Lipinski definition) is 1. The average Bonchev–Trinajstić information content (AvgIpc) is 2.72. The van der Waals surface area contributed by atoms with E-state index in [-0.39, 0.29) is 6.10 Å². The van der Waals surface area contributed by atoms with Crippen LogP contribution in [-0.2, 0) is 13.0 Å². The molecular weight excluding hydrogens is 234 g/mol. The van der Waals surface area contributed by atoms with E-state index >= 15 is 0 Å². The van der Waals surface area contributed by atoms with E-state index in [4.69, 9.17) is 0 Å². The Morgan fingerprint density at radius 1 is 1.42 bits per heavy atom. The highest BCUT2D eigenvalue weighted by molar-refractivity contribution is 5.31. The Kier molecular flexibility index (Phi) is 5.09. The van der Waals surface area contributed by atoms with Crippen molar-refractivity contribution in [3.8, 4) is 0 Å². The summed E-state index contributed by atoms with van der Waals surface area (Å²) in [5, 5.41) is 10.1. The predicted octanol–water partition coefficient (Wildman–Crippen LogP) is 4.38. The van der Waals surface area contributed by atoms with Crippen molar-refractivity contribution in [1.29, 1.82) is 0 Å². The van der Waals surface area contributed by atoms with Gasteiger partial charge in [-0.25, -0.2) is 0 Å². The topological polar surface area (TPSA) is 25.2 Å². The monoisotopic (exact) mass is 263 g/mol. The zero-order valence-corrected chi connectivity index (χ0v) is 12.8. The summed E-state index contributed by atoms with van der Waals surface area (Å²) in [6.45, 7) is 7.91. The third-order valence-corrected chi connectivity index (χ3v) is 4.68. The quantitative estimate of drug-likeness (QED) is 0.809. The van der Waals surface area contributed by atoms with Crippen LogP contribution in [-0.4, -0.2) is 9.67 Å². The molecule has 0 aromatic carbocycles. The minimum Gasteiger partial charge on any atom is -0.388 e. The molecular formula is C17H29NO. The molecule has 0 saturated carbocycles. The van der Waals surface area contributed by atoms with Crippen LogP contribution >= 0.6 is 0 Å². The van der Waals surface area contributed by atoms with Gasteiger partial charge in [-0.3, -0.25) is 0 Å². The third-order valence-electron chi connectivity index (χ3n) is 4.68. The Labute approximate surface area is 117 Å². The third kappa shape index (κ3) is 3.22. The first-order valence-electron chi connectivity index (χ1n) is 8.04. The van der Waals surface area contributed by atoms with E-state index in [0.29, 0.717) is 0 Å². The van der Waals surface area contributed by atoms with Gasteiger partial charge in [0.2, 0.25) is 0 Å². The van der Waals surface area contributed by atoms with Gasteiger partial charge in [-0.15, -0.1) is 0 Å². The Morgan fingerprint density at radius 2 is 2.21 bits per heavy atom. The molecule has 108 valence electrons. The van der Waals surface area contributed by atoms with Crippen molar-refractivity contribution in [2.24, 2.45) is 5.92 Å². The lowest BCUT2D eigenvalue weighted by atomic mass is 9.94. The maximum absolute atomic E-state index is 10.1. The zero-order valence-electron chi connectivity index (χ0n) is 12.8. The van der Waals surface area contributed by atoms with Crippen LogP contribution in [0.2, 0.25) is 0 Å². The molecule has 0 radical (unpaired) electrons. The van der Waals surface area contributed by atoms with Gasteiger partial charge < -0.3 is 9.67 Å². The molecule has 0 spiro atoms. The predicted molar refractivity (Wildman–Crippen MR) is 80.4 cm³/mol. The summed E-state index contributed by atoms with van der Waals surface area (Å²) in [6.07, 6.45) is 8.20. The van der Waals surface area contributed by atoms with Crippen LogP contribution in [0.1, 0.15) is 75.4 Å². The second-order valence-corrected chi connectivity index (χ2v) is 6.12. The molecule has 1 N–H and O–H groups in total. The van der Waals surface area contributed by atoms with Crippen LogP contribution in [0, 0.1) is 12.8 Å². The first-order chi connectivity index (χ1) is 9.17. The maximum Gasteiger partial charge on any atom is 0.0807 e. The molecule has 0 aliphatic heterocycles. The molecule has 1 aliphatic rings. The van der Waals surface area contributed by atoms with Crippen LogP contribution in [0.4, 0.5) is 0 Å². The number of aliphatic hydroxyl groups is 1. The molecule has 1 aromatic rings. The Bertz CT molecular complexity index is 408. The molecule has 0 amide bonds. The van der Waals surface area contributed by atoms with Crippen molar-refractivity contribution in [1.82, 2.24) is 4.57 Å². The van der Waals surface area contributed by atoms with E-state index in [1.807, 2.05) is 0 Å². The minimum absolute atomic E-state index is 0.223. The van der Waals surface area contributed by atoms with E-state index < -0.39 is 0 Å². The van der Waals surface area contributed by atoms with Crippen LogP contribution in [0.3, 0.4) is 0 Å². The van der Waals surface area contributed by atoms with Gasteiger partial charge in [0.05, 0.1) is 6.10 Å². The van der Waals surface area contributed by atoms with Gasteiger partial charge in [0.15, 0.2) is 0 Å². The number of unbranched alkanes of at least 4 members (excludes halogenated alkanes) is 1. The molecule has 1 aliphatic carbocycles. The fourth-order valence-corrected chi connectivity index (χ4v) is 3.37. The highest BCUT2D eigenvalue weighted by Gasteiger charge is 2.23. The average molecular weight is 263 g/mol. The zero-order chi connectivity index (χ0) is 13.8. The van der Waals surface area contributed by atoms with Gasteiger partial charge in [-0.2, -0.15) is 0 Å². The fourth-order valence-electron chi connectivity index (χ4n) is 3.37. The standard InChI is InChI=1S/C17H29NO/c1-4-6-8-14(5-2)12-18-13(3)11-15-16(18)9-7-10-17(15)19/h11,14,17,19H,4-10,12H2,1-3H3. The molecule has 1 aromatic heterocycles. The van der Waals surface area contributed by atoms with Crippen LogP contribution in [0.25, 0.3) is 0 Å². The molecule has 0 fully saturated rings. The number of aliphatic hydroxyl groups excluding tert-OH is 1. The maximum atomic E-state index is 10.1. The lowest BCUT2D eigenvalue weighted by molar-refractivity contribution is 0.155. The van der Waals surface area contributed by atoms with E-state index in [9.17, 15) is 5.11 Å². The molecule has 2 rings (SSSR count). The van der Waals surface area contributed by atoms with Crippen molar-refractivity contribution in [3.63, 3.8) is 0 Å². The van der Waals surface area contributed by atoms with Crippen LogP contribution < -0.4 is 0 Å². The van der Waals surface area contributed by atoms with E-state index in [2.05, 4.69) is 31.4 Å². The van der Waals surface area contributed by atoms with Crippen molar-refractivity contribution >= 4 is 0 Å². The van der Waals surface area contributed by atoms with Crippen molar-refractivity contribution in [2.45, 2.75) is 78.4 Å². The molecule has 2 nitrogen and oxygen atoms in total. The summed E-state index contributed by atoms with van der Waals surface area (Å²) in [4.78, 5) is 0. The van der Waals surface area contributed by atoms with Crippen LogP contribution in [0.15, 0.2) is 6.07 Å². The summed E-state index contributed by atoms with van der Waals surface area (Å²) < 4.78 is 2.49. The number of nitrogens with zero attached hydrogens (tertiary/aromatic N) is 1. The molecule has 2 unspecified atom stereocenters. The smallest absolute Gasteiger partial charge is 0.0807 e. The summed E-state index contributed by atoms with van der Waals surface area (Å²) in [5.74, 6) is 0.786. The fraction of sp³-hybridized carbons (Fsp3) is 0.765. The molecule has 2 atom stereocenters. The number of rotatable bonds is 6. The largest absolute Gasteiger partial charge is 0.388 e. The van der Waals surface area contributed by atoms with Crippen molar-refractivity contribution in [2.75, 3.05) is 0 Å². The van der Waals surface area contributed by atoms with Crippen molar-refractivity contribution < 1.29 is 5.11 Å². The number of aromatic nitrogens is 1. The SMILES string of the molecule is CCCCC(CC)Cn1c(C)cc2c1CCCC2O. The first kappa shape index (κ1) is 14.6. The van der Waals surface area contributed by atoms with Gasteiger partial charge in [-0.1, -0.05) is 33.1 Å². The Hall–Kier alpha value is -0.760.